The normalized spacial score (nSPS) is 14.0. The molecule has 0 heterocycles. The Balaban J connectivity index is 5.46. The largest absolute Gasteiger partial charge is 0.436 e. The molecule has 0 aromatic heterocycles. The number of esters is 3. The van der Waals surface area contributed by atoms with E-state index in [0.29, 0.717) is 6.42 Å². The van der Waals surface area contributed by atoms with Crippen LogP contribution in [0.1, 0.15) is 13.3 Å². The summed E-state index contributed by atoms with van der Waals surface area (Å²) in [6.07, 6.45) is 7.40. The minimum atomic E-state index is -1.06. The van der Waals surface area contributed by atoms with E-state index in [4.69, 9.17) is 15.3 Å². The predicted octanol–water partition coefficient (Wildman–Crippen LogP) is -0.470. The van der Waals surface area contributed by atoms with Crippen LogP contribution in [0.5, 0.6) is 0 Å². The van der Waals surface area contributed by atoms with Crippen LogP contribution < -0.4 is 0 Å². The van der Waals surface area contributed by atoms with Crippen molar-refractivity contribution in [2.45, 2.75) is 13.3 Å². The molecule has 0 aromatic rings. The molecule has 0 aliphatic rings. The maximum absolute atomic E-state index is 11.3. The van der Waals surface area contributed by atoms with Crippen molar-refractivity contribution in [3.05, 3.63) is 36.5 Å². The van der Waals surface area contributed by atoms with Gasteiger partial charge in [-0.25, -0.2) is 14.4 Å². The van der Waals surface area contributed by atoms with E-state index >= 15 is 0 Å². The van der Waals surface area contributed by atoms with Gasteiger partial charge in [0, 0.05) is 23.6 Å². The fourth-order valence-corrected chi connectivity index (χ4v) is 1.52. The van der Waals surface area contributed by atoms with Gasteiger partial charge in [-0.2, -0.15) is 0 Å². The molecule has 0 bridgehead atoms. The Labute approximate surface area is 138 Å². The van der Waals surface area contributed by atoms with E-state index in [-0.39, 0.29) is 0 Å². The average Bonchev–Trinajstić information content (AvgIpc) is 2.55. The molecule has 0 radical (unpaired) electrons. The second-order valence-corrected chi connectivity index (χ2v) is 4.24. The summed E-state index contributed by atoms with van der Waals surface area (Å²) >= 11 is 0. The lowest BCUT2D eigenvalue weighted by molar-refractivity contribution is -0.146. The zero-order valence-electron chi connectivity index (χ0n) is 13.1. The first-order valence-corrected chi connectivity index (χ1v) is 6.83. The Morgan fingerprint density at radius 2 is 1.04 bits per heavy atom. The Morgan fingerprint density at radius 1 is 0.750 bits per heavy atom. The van der Waals surface area contributed by atoms with E-state index < -0.39 is 43.7 Å². The Kier molecular flexibility index (Phi) is 10.8. The van der Waals surface area contributed by atoms with E-state index in [1.807, 2.05) is 0 Å². The Morgan fingerprint density at radius 3 is 1.25 bits per heavy atom. The van der Waals surface area contributed by atoms with Crippen LogP contribution in [-0.2, 0) is 28.6 Å². The SMILES string of the molecule is CCC(C=CC(=O)OCO)(C=CC(=O)OCO)C=CC(=O)OCO. The summed E-state index contributed by atoms with van der Waals surface area (Å²) in [7, 11) is 0. The molecular weight excluding hydrogens is 324 g/mol. The zero-order chi connectivity index (χ0) is 18.4. The topological polar surface area (TPSA) is 140 Å². The van der Waals surface area contributed by atoms with Gasteiger partial charge in [-0.1, -0.05) is 25.2 Å². The molecule has 0 aliphatic carbocycles. The summed E-state index contributed by atoms with van der Waals surface area (Å²) in [6, 6.07) is 0. The molecular formula is C15H20O9. The lowest BCUT2D eigenvalue weighted by atomic mass is 9.83. The molecule has 3 N–H and O–H groups in total. The molecule has 0 aliphatic heterocycles. The minimum absolute atomic E-state index is 0.321. The van der Waals surface area contributed by atoms with Crippen molar-refractivity contribution >= 4 is 17.9 Å². The molecule has 0 unspecified atom stereocenters. The van der Waals surface area contributed by atoms with Crippen molar-refractivity contribution in [1.29, 1.82) is 0 Å². The van der Waals surface area contributed by atoms with Crippen LogP contribution in [0.3, 0.4) is 0 Å². The number of hydrogen-bond acceptors (Lipinski definition) is 9. The van der Waals surface area contributed by atoms with Gasteiger partial charge >= 0.3 is 17.9 Å². The molecule has 0 amide bonds. The molecule has 0 saturated heterocycles. The number of allylic oxidation sites excluding steroid dienone is 3. The predicted molar refractivity (Wildman–Crippen MR) is 79.7 cm³/mol. The van der Waals surface area contributed by atoms with Crippen molar-refractivity contribution in [3.63, 3.8) is 0 Å². The number of ether oxygens (including phenoxy) is 3. The summed E-state index contributed by atoms with van der Waals surface area (Å²) in [4.78, 5) is 34.0. The average molecular weight is 344 g/mol. The summed E-state index contributed by atoms with van der Waals surface area (Å²) in [5.41, 5.74) is -1.06. The highest BCUT2D eigenvalue weighted by Crippen LogP contribution is 2.28. The minimum Gasteiger partial charge on any atom is -0.436 e. The summed E-state index contributed by atoms with van der Waals surface area (Å²) < 4.78 is 13.0. The fourth-order valence-electron chi connectivity index (χ4n) is 1.52. The monoisotopic (exact) mass is 344 g/mol. The van der Waals surface area contributed by atoms with Crippen LogP contribution in [0.25, 0.3) is 0 Å². The molecule has 24 heavy (non-hydrogen) atoms. The third-order valence-electron chi connectivity index (χ3n) is 2.82. The highest BCUT2D eigenvalue weighted by atomic mass is 16.6. The van der Waals surface area contributed by atoms with Crippen molar-refractivity contribution in [3.8, 4) is 0 Å². The van der Waals surface area contributed by atoms with Gasteiger partial charge in [0.15, 0.2) is 20.4 Å². The number of carbonyl (C=O) groups is 3. The second kappa shape index (κ2) is 12.0. The van der Waals surface area contributed by atoms with Crippen LogP contribution in [0.2, 0.25) is 0 Å². The van der Waals surface area contributed by atoms with E-state index in [0.717, 1.165) is 18.2 Å². The van der Waals surface area contributed by atoms with Crippen molar-refractivity contribution in [1.82, 2.24) is 0 Å². The number of carbonyl (C=O) groups excluding carboxylic acids is 3. The number of aliphatic hydroxyl groups is 3. The van der Waals surface area contributed by atoms with Gasteiger partial charge in [-0.05, 0) is 6.42 Å². The van der Waals surface area contributed by atoms with Crippen molar-refractivity contribution in [2.75, 3.05) is 20.4 Å². The van der Waals surface area contributed by atoms with Crippen molar-refractivity contribution in [2.24, 2.45) is 5.41 Å². The van der Waals surface area contributed by atoms with E-state index in [9.17, 15) is 14.4 Å². The number of aliphatic hydroxyl groups excluding tert-OH is 3. The van der Waals surface area contributed by atoms with Crippen LogP contribution in [0.4, 0.5) is 0 Å². The maximum atomic E-state index is 11.3. The van der Waals surface area contributed by atoms with Gasteiger partial charge in [0.25, 0.3) is 0 Å². The van der Waals surface area contributed by atoms with Crippen LogP contribution in [-0.4, -0.2) is 53.6 Å². The van der Waals surface area contributed by atoms with Gasteiger partial charge < -0.3 is 29.5 Å². The molecule has 0 aromatic carbocycles. The smallest absolute Gasteiger partial charge is 0.332 e. The fraction of sp³-hybridized carbons (Fsp3) is 0.400. The lowest BCUT2D eigenvalue weighted by Crippen LogP contribution is -2.14. The van der Waals surface area contributed by atoms with Gasteiger partial charge in [0.1, 0.15) is 0 Å². The quantitative estimate of drug-likeness (QED) is 0.208. The Bertz CT molecular complexity index is 436. The van der Waals surface area contributed by atoms with Crippen LogP contribution in [0, 0.1) is 5.41 Å². The zero-order valence-corrected chi connectivity index (χ0v) is 13.1. The lowest BCUT2D eigenvalue weighted by Gasteiger charge is -2.21. The van der Waals surface area contributed by atoms with Gasteiger partial charge in [0.2, 0.25) is 0 Å². The van der Waals surface area contributed by atoms with E-state index in [1.54, 1.807) is 6.92 Å². The molecule has 0 rings (SSSR count). The van der Waals surface area contributed by atoms with Crippen LogP contribution >= 0.6 is 0 Å². The maximum Gasteiger partial charge on any atom is 0.332 e. The second-order valence-electron chi connectivity index (χ2n) is 4.24. The molecule has 9 nitrogen and oxygen atoms in total. The number of rotatable bonds is 10. The van der Waals surface area contributed by atoms with E-state index in [2.05, 4.69) is 14.2 Å². The molecule has 0 saturated carbocycles. The third-order valence-corrected chi connectivity index (χ3v) is 2.82. The molecule has 0 spiro atoms. The first-order chi connectivity index (χ1) is 11.4. The van der Waals surface area contributed by atoms with E-state index in [1.165, 1.54) is 18.2 Å². The van der Waals surface area contributed by atoms with Gasteiger partial charge in [-0.3, -0.25) is 0 Å². The molecule has 0 atom stereocenters. The third kappa shape index (κ3) is 8.83. The molecule has 9 heteroatoms. The molecule has 0 fully saturated rings. The Hall–Kier alpha value is -2.49. The molecule has 134 valence electrons. The highest BCUT2D eigenvalue weighted by Gasteiger charge is 2.20. The van der Waals surface area contributed by atoms with Crippen molar-refractivity contribution < 1.29 is 43.9 Å². The van der Waals surface area contributed by atoms with Gasteiger partial charge in [0.05, 0.1) is 0 Å². The standard InChI is InChI=1S/C15H20O9/c1-2-15(6-3-12(19)22-9-16,7-4-13(20)23-10-17)8-5-14(21)24-11-18/h3-8,16-18H,2,9-11H2,1H3. The highest BCUT2D eigenvalue weighted by molar-refractivity contribution is 5.84. The first-order valence-electron chi connectivity index (χ1n) is 6.83. The summed E-state index contributed by atoms with van der Waals surface area (Å²) in [5.74, 6) is -2.48. The summed E-state index contributed by atoms with van der Waals surface area (Å²) in [5, 5.41) is 25.6. The number of hydrogen-bond donors (Lipinski definition) is 3. The first kappa shape index (κ1) is 21.5. The van der Waals surface area contributed by atoms with Gasteiger partial charge in [-0.15, -0.1) is 0 Å². The summed E-state index contributed by atoms with van der Waals surface area (Å²) in [6.45, 7) is -0.663. The van der Waals surface area contributed by atoms with Crippen LogP contribution in [0.15, 0.2) is 36.5 Å².